The van der Waals surface area contributed by atoms with Crippen LogP contribution in [-0.4, -0.2) is 24.7 Å². The molecular formula is C17H18BrFN4O. The first kappa shape index (κ1) is 16.9. The van der Waals surface area contributed by atoms with Gasteiger partial charge in [0.2, 0.25) is 0 Å². The molecule has 2 aromatic heterocycles. The Bertz CT molecular complexity index is 856. The molecule has 0 spiro atoms. The lowest BCUT2D eigenvalue weighted by molar-refractivity contribution is 0.198. The van der Waals surface area contributed by atoms with E-state index in [1.165, 1.54) is 12.1 Å². The van der Waals surface area contributed by atoms with E-state index in [0.717, 1.165) is 17.8 Å². The van der Waals surface area contributed by atoms with Crippen LogP contribution in [0.1, 0.15) is 36.8 Å². The largest absolute Gasteiger partial charge is 0.389 e. The third kappa shape index (κ3) is 3.42. The molecule has 1 aromatic carbocycles. The molecule has 5 nitrogen and oxygen atoms in total. The molecule has 0 radical (unpaired) electrons. The van der Waals surface area contributed by atoms with Gasteiger partial charge < -0.3 is 5.11 Å². The maximum Gasteiger partial charge on any atom is 0.128 e. The van der Waals surface area contributed by atoms with E-state index in [9.17, 15) is 9.50 Å². The summed E-state index contributed by atoms with van der Waals surface area (Å²) in [7, 11) is 0. The summed E-state index contributed by atoms with van der Waals surface area (Å²) < 4.78 is 17.8. The third-order valence-corrected chi connectivity index (χ3v) is 4.20. The number of hydrogen-bond acceptors (Lipinski definition) is 3. The minimum Gasteiger partial charge on any atom is -0.389 e. The molecule has 0 bridgehead atoms. The zero-order chi connectivity index (χ0) is 17.3. The summed E-state index contributed by atoms with van der Waals surface area (Å²) in [5.41, 5.74) is 3.14. The Morgan fingerprint density at radius 3 is 2.79 bits per heavy atom. The van der Waals surface area contributed by atoms with Crippen molar-refractivity contribution in [3.63, 3.8) is 0 Å². The van der Waals surface area contributed by atoms with Crippen LogP contribution in [0.25, 0.3) is 5.69 Å². The van der Waals surface area contributed by atoms with Crippen molar-refractivity contribution in [1.29, 1.82) is 0 Å². The molecule has 0 aliphatic rings. The fourth-order valence-corrected chi connectivity index (χ4v) is 3.08. The Labute approximate surface area is 147 Å². The lowest BCUT2D eigenvalue weighted by atomic mass is 10.1. The fourth-order valence-electron chi connectivity index (χ4n) is 2.65. The number of halogens is 2. The summed E-state index contributed by atoms with van der Waals surface area (Å²) in [4.78, 5) is 0. The molecule has 7 heteroatoms. The molecule has 24 heavy (non-hydrogen) atoms. The van der Waals surface area contributed by atoms with E-state index in [-0.39, 0.29) is 5.82 Å². The number of aromatic nitrogens is 4. The normalized spacial score (nSPS) is 12.5. The standard InChI is InChI=1S/C17H18BrFN4O/c1-3-22-10-12(9-20-22)6-14-8-17(18)21-23(14)16-5-4-13(19)7-15(16)11(2)24/h4-5,7-11,24H,3,6H2,1-2H3. The molecule has 0 aliphatic carbocycles. The second kappa shape index (κ2) is 6.86. The zero-order valence-corrected chi connectivity index (χ0v) is 15.0. The second-order valence-electron chi connectivity index (χ2n) is 5.63. The van der Waals surface area contributed by atoms with Gasteiger partial charge in [0, 0.05) is 30.4 Å². The number of benzene rings is 1. The van der Waals surface area contributed by atoms with Gasteiger partial charge in [-0.05, 0) is 59.6 Å². The minimum absolute atomic E-state index is 0.383. The number of aliphatic hydroxyl groups is 1. The molecule has 2 heterocycles. The highest BCUT2D eigenvalue weighted by atomic mass is 79.9. The van der Waals surface area contributed by atoms with Gasteiger partial charge in [-0.2, -0.15) is 10.2 Å². The van der Waals surface area contributed by atoms with Crippen molar-refractivity contribution in [2.75, 3.05) is 0 Å². The zero-order valence-electron chi connectivity index (χ0n) is 13.4. The van der Waals surface area contributed by atoms with Crippen LogP contribution in [0.3, 0.4) is 0 Å². The predicted octanol–water partition coefficient (Wildman–Crippen LogP) is 3.63. The molecule has 1 unspecified atom stereocenters. The molecule has 0 aliphatic heterocycles. The maximum absolute atomic E-state index is 13.6. The first-order valence-electron chi connectivity index (χ1n) is 7.71. The Morgan fingerprint density at radius 2 is 2.12 bits per heavy atom. The van der Waals surface area contributed by atoms with Gasteiger partial charge in [0.05, 0.1) is 18.0 Å². The lowest BCUT2D eigenvalue weighted by Crippen LogP contribution is -2.08. The first-order chi connectivity index (χ1) is 11.5. The van der Waals surface area contributed by atoms with Crippen LogP contribution in [0, 0.1) is 5.82 Å². The van der Waals surface area contributed by atoms with Gasteiger partial charge in [-0.25, -0.2) is 9.07 Å². The Balaban J connectivity index is 2.03. The summed E-state index contributed by atoms with van der Waals surface area (Å²) in [6, 6.07) is 6.26. The lowest BCUT2D eigenvalue weighted by Gasteiger charge is -2.14. The van der Waals surface area contributed by atoms with E-state index in [1.807, 2.05) is 30.1 Å². The van der Waals surface area contributed by atoms with E-state index in [0.29, 0.717) is 22.3 Å². The monoisotopic (exact) mass is 392 g/mol. The molecule has 3 rings (SSSR count). The van der Waals surface area contributed by atoms with Crippen molar-refractivity contribution < 1.29 is 9.50 Å². The number of hydrogen-bond donors (Lipinski definition) is 1. The topological polar surface area (TPSA) is 55.9 Å². The van der Waals surface area contributed by atoms with Crippen LogP contribution in [0.15, 0.2) is 41.3 Å². The number of rotatable bonds is 5. The highest BCUT2D eigenvalue weighted by Gasteiger charge is 2.16. The van der Waals surface area contributed by atoms with Crippen molar-refractivity contribution in [2.24, 2.45) is 0 Å². The van der Waals surface area contributed by atoms with Crippen molar-refractivity contribution >= 4 is 15.9 Å². The smallest absolute Gasteiger partial charge is 0.128 e. The number of aliphatic hydroxyl groups excluding tert-OH is 1. The third-order valence-electron chi connectivity index (χ3n) is 3.82. The summed E-state index contributed by atoms with van der Waals surface area (Å²) in [5.74, 6) is -0.383. The van der Waals surface area contributed by atoms with Crippen molar-refractivity contribution in [2.45, 2.75) is 32.9 Å². The van der Waals surface area contributed by atoms with Crippen molar-refractivity contribution in [1.82, 2.24) is 19.6 Å². The highest BCUT2D eigenvalue weighted by molar-refractivity contribution is 9.10. The van der Waals surface area contributed by atoms with Gasteiger partial charge in [0.1, 0.15) is 10.4 Å². The fraction of sp³-hybridized carbons (Fsp3) is 0.294. The molecule has 0 saturated carbocycles. The van der Waals surface area contributed by atoms with Crippen LogP contribution < -0.4 is 0 Å². The number of aryl methyl sites for hydroxylation is 1. The summed E-state index contributed by atoms with van der Waals surface area (Å²) in [5, 5.41) is 18.7. The van der Waals surface area contributed by atoms with E-state index >= 15 is 0 Å². The molecule has 0 amide bonds. The second-order valence-corrected chi connectivity index (χ2v) is 6.44. The Kier molecular flexibility index (Phi) is 4.82. The molecule has 126 valence electrons. The van der Waals surface area contributed by atoms with Crippen LogP contribution >= 0.6 is 15.9 Å². The number of nitrogens with zero attached hydrogens (tertiary/aromatic N) is 4. The maximum atomic E-state index is 13.6. The Hall–Kier alpha value is -1.99. The van der Waals surface area contributed by atoms with E-state index in [2.05, 4.69) is 26.1 Å². The van der Waals surface area contributed by atoms with Crippen molar-refractivity contribution in [3.05, 3.63) is 63.9 Å². The molecule has 0 saturated heterocycles. The average molecular weight is 393 g/mol. The van der Waals surface area contributed by atoms with Crippen LogP contribution in [0.2, 0.25) is 0 Å². The molecule has 1 atom stereocenters. The van der Waals surface area contributed by atoms with Gasteiger partial charge in [-0.15, -0.1) is 0 Å². The van der Waals surface area contributed by atoms with Crippen LogP contribution in [-0.2, 0) is 13.0 Å². The van der Waals surface area contributed by atoms with Gasteiger partial charge in [0.15, 0.2) is 0 Å². The van der Waals surface area contributed by atoms with Gasteiger partial charge >= 0.3 is 0 Å². The first-order valence-corrected chi connectivity index (χ1v) is 8.51. The predicted molar refractivity (Wildman–Crippen MR) is 92.6 cm³/mol. The summed E-state index contributed by atoms with van der Waals surface area (Å²) >= 11 is 3.40. The van der Waals surface area contributed by atoms with E-state index in [1.54, 1.807) is 17.7 Å². The van der Waals surface area contributed by atoms with Crippen LogP contribution in [0.5, 0.6) is 0 Å². The summed E-state index contributed by atoms with van der Waals surface area (Å²) in [6.07, 6.45) is 3.66. The van der Waals surface area contributed by atoms with Crippen molar-refractivity contribution in [3.8, 4) is 5.69 Å². The van der Waals surface area contributed by atoms with E-state index in [4.69, 9.17) is 0 Å². The SMILES string of the molecule is CCn1cc(Cc2cc(Br)nn2-c2ccc(F)cc2C(C)O)cn1. The van der Waals surface area contributed by atoms with E-state index < -0.39 is 6.10 Å². The average Bonchev–Trinajstić information content (AvgIpc) is 3.14. The van der Waals surface area contributed by atoms with Gasteiger partial charge in [-0.1, -0.05) is 0 Å². The van der Waals surface area contributed by atoms with Crippen LogP contribution in [0.4, 0.5) is 4.39 Å². The minimum atomic E-state index is -0.797. The molecule has 1 N–H and O–H groups in total. The highest BCUT2D eigenvalue weighted by Crippen LogP contribution is 2.26. The van der Waals surface area contributed by atoms with Gasteiger partial charge in [0.25, 0.3) is 0 Å². The Morgan fingerprint density at radius 1 is 1.33 bits per heavy atom. The molecule has 3 aromatic rings. The molecule has 0 fully saturated rings. The molecular weight excluding hydrogens is 375 g/mol. The summed E-state index contributed by atoms with van der Waals surface area (Å²) in [6.45, 7) is 4.46. The quantitative estimate of drug-likeness (QED) is 0.720. The van der Waals surface area contributed by atoms with Gasteiger partial charge in [-0.3, -0.25) is 4.68 Å².